The molecule has 0 aliphatic carbocycles. The number of rotatable bonds is 8. The number of ether oxygens (including phenoxy) is 3. The summed E-state index contributed by atoms with van der Waals surface area (Å²) in [4.78, 5) is 24.6. The van der Waals surface area contributed by atoms with E-state index in [1.54, 1.807) is 42.5 Å². The minimum Gasteiger partial charge on any atom is -0.496 e. The van der Waals surface area contributed by atoms with Crippen molar-refractivity contribution in [2.75, 3.05) is 13.7 Å². The van der Waals surface area contributed by atoms with E-state index in [0.717, 1.165) is 17.3 Å². The van der Waals surface area contributed by atoms with E-state index < -0.39 is 11.9 Å². The molecule has 3 rings (SSSR count). The van der Waals surface area contributed by atoms with Crippen molar-refractivity contribution in [3.63, 3.8) is 0 Å². The molecule has 0 saturated carbocycles. The predicted molar refractivity (Wildman–Crippen MR) is 117 cm³/mol. The number of carbonyl (C=O) groups excluding carboxylic acids is 2. The molecule has 0 radical (unpaired) electrons. The molecule has 0 fully saturated rings. The van der Waals surface area contributed by atoms with Crippen LogP contribution in [-0.2, 0) is 11.2 Å². The molecule has 0 bridgehead atoms. The smallest absolute Gasteiger partial charge is 0.347 e. The van der Waals surface area contributed by atoms with Crippen LogP contribution in [0.1, 0.15) is 32.7 Å². The summed E-state index contributed by atoms with van der Waals surface area (Å²) in [5, 5.41) is 0. The molecule has 3 aromatic rings. The first kappa shape index (κ1) is 21.6. The van der Waals surface area contributed by atoms with Gasteiger partial charge in [-0.1, -0.05) is 46.3 Å². The Bertz CT molecular complexity index is 1000. The Labute approximate surface area is 183 Å². The normalized spacial score (nSPS) is 10.3. The predicted octanol–water partition coefficient (Wildman–Crippen LogP) is 5.47. The van der Waals surface area contributed by atoms with Crippen molar-refractivity contribution in [3.8, 4) is 11.5 Å². The zero-order valence-corrected chi connectivity index (χ0v) is 18.1. The quantitative estimate of drug-likeness (QED) is 0.249. The van der Waals surface area contributed by atoms with Crippen molar-refractivity contribution in [2.24, 2.45) is 0 Å². The van der Waals surface area contributed by atoms with Crippen LogP contribution in [0, 0.1) is 0 Å². The standard InChI is InChI=1S/C24H21BrO5/c1-28-22-14-11-19(25)16-21(22)24(27)30-20-12-9-18(10-13-20)23(26)29-15-5-8-17-6-3-2-4-7-17/h2-4,6-7,9-14,16H,5,8,15H2,1H3. The molecule has 0 unspecified atom stereocenters. The molecule has 0 saturated heterocycles. The average molecular weight is 469 g/mol. The van der Waals surface area contributed by atoms with Crippen LogP contribution in [0.5, 0.6) is 11.5 Å². The first-order valence-electron chi connectivity index (χ1n) is 9.43. The molecule has 154 valence electrons. The highest BCUT2D eigenvalue weighted by molar-refractivity contribution is 9.10. The first-order chi connectivity index (χ1) is 14.6. The van der Waals surface area contributed by atoms with Gasteiger partial charge in [-0.3, -0.25) is 0 Å². The molecule has 0 aliphatic rings. The second-order valence-electron chi connectivity index (χ2n) is 6.48. The lowest BCUT2D eigenvalue weighted by molar-refractivity contribution is 0.0500. The topological polar surface area (TPSA) is 61.8 Å². The van der Waals surface area contributed by atoms with Crippen molar-refractivity contribution in [1.29, 1.82) is 0 Å². The highest BCUT2D eigenvalue weighted by Crippen LogP contribution is 2.25. The molecule has 0 heterocycles. The van der Waals surface area contributed by atoms with Crippen molar-refractivity contribution in [1.82, 2.24) is 0 Å². The fourth-order valence-corrected chi connectivity index (χ4v) is 3.19. The van der Waals surface area contributed by atoms with Gasteiger partial charge in [0.2, 0.25) is 0 Å². The van der Waals surface area contributed by atoms with Gasteiger partial charge in [0.05, 0.1) is 19.3 Å². The number of halogens is 1. The highest BCUT2D eigenvalue weighted by atomic mass is 79.9. The third-order valence-electron chi connectivity index (χ3n) is 4.37. The third kappa shape index (κ3) is 5.94. The summed E-state index contributed by atoms with van der Waals surface area (Å²) in [6, 6.07) is 21.4. The van der Waals surface area contributed by atoms with E-state index >= 15 is 0 Å². The molecule has 0 aromatic heterocycles. The summed E-state index contributed by atoms with van der Waals surface area (Å²) in [5.41, 5.74) is 1.91. The lowest BCUT2D eigenvalue weighted by Gasteiger charge is -2.09. The van der Waals surface area contributed by atoms with Crippen LogP contribution in [0.4, 0.5) is 0 Å². The number of hydrogen-bond donors (Lipinski definition) is 0. The number of esters is 2. The summed E-state index contributed by atoms with van der Waals surface area (Å²) >= 11 is 3.33. The molecule has 6 heteroatoms. The highest BCUT2D eigenvalue weighted by Gasteiger charge is 2.16. The number of benzene rings is 3. The van der Waals surface area contributed by atoms with Crippen molar-refractivity contribution in [3.05, 3.63) is 94.0 Å². The molecule has 30 heavy (non-hydrogen) atoms. The number of carbonyl (C=O) groups is 2. The number of methoxy groups -OCH3 is 1. The Morgan fingerprint density at radius 1 is 0.900 bits per heavy atom. The van der Waals surface area contributed by atoms with Crippen LogP contribution < -0.4 is 9.47 Å². The molecule has 0 N–H and O–H groups in total. The van der Waals surface area contributed by atoms with Crippen molar-refractivity contribution in [2.45, 2.75) is 12.8 Å². The van der Waals surface area contributed by atoms with E-state index in [4.69, 9.17) is 14.2 Å². The van der Waals surface area contributed by atoms with Gasteiger partial charge in [-0.15, -0.1) is 0 Å². The summed E-state index contributed by atoms with van der Waals surface area (Å²) in [6.45, 7) is 0.340. The van der Waals surface area contributed by atoms with Crippen molar-refractivity contribution < 1.29 is 23.8 Å². The lowest BCUT2D eigenvalue weighted by atomic mass is 10.1. The Kier molecular flexibility index (Phi) is 7.63. The van der Waals surface area contributed by atoms with E-state index in [9.17, 15) is 9.59 Å². The van der Waals surface area contributed by atoms with E-state index in [2.05, 4.69) is 15.9 Å². The second kappa shape index (κ2) is 10.6. The van der Waals surface area contributed by atoms with Crippen LogP contribution in [0.25, 0.3) is 0 Å². The minimum absolute atomic E-state index is 0.300. The molecule has 0 aliphatic heterocycles. The number of aryl methyl sites for hydroxylation is 1. The van der Waals surface area contributed by atoms with Crippen LogP contribution in [0.15, 0.2) is 77.3 Å². The molecule has 3 aromatic carbocycles. The maximum absolute atomic E-state index is 12.4. The van der Waals surface area contributed by atoms with E-state index in [-0.39, 0.29) is 0 Å². The molecular weight excluding hydrogens is 448 g/mol. The van der Waals surface area contributed by atoms with E-state index in [0.29, 0.717) is 29.2 Å². The van der Waals surface area contributed by atoms with Crippen LogP contribution in [-0.4, -0.2) is 25.7 Å². The van der Waals surface area contributed by atoms with Crippen LogP contribution in [0.2, 0.25) is 0 Å². The van der Waals surface area contributed by atoms with E-state index in [1.165, 1.54) is 12.7 Å². The monoisotopic (exact) mass is 468 g/mol. The lowest BCUT2D eigenvalue weighted by Crippen LogP contribution is -2.11. The summed E-state index contributed by atoms with van der Waals surface area (Å²) in [5.74, 6) is -0.222. The average Bonchev–Trinajstić information content (AvgIpc) is 2.77. The molecule has 0 atom stereocenters. The number of hydrogen-bond acceptors (Lipinski definition) is 5. The summed E-state index contributed by atoms with van der Waals surface area (Å²) < 4.78 is 16.6. The Morgan fingerprint density at radius 2 is 1.63 bits per heavy atom. The van der Waals surface area contributed by atoms with Gasteiger partial charge in [-0.2, -0.15) is 0 Å². The van der Waals surface area contributed by atoms with Gasteiger partial charge in [0.25, 0.3) is 0 Å². The maximum atomic E-state index is 12.4. The van der Waals surface area contributed by atoms with Gasteiger partial charge in [0, 0.05) is 4.47 Å². The summed E-state index contributed by atoms with van der Waals surface area (Å²) in [7, 11) is 1.49. The van der Waals surface area contributed by atoms with Gasteiger partial charge in [-0.05, 0) is 60.9 Å². The van der Waals surface area contributed by atoms with Gasteiger partial charge < -0.3 is 14.2 Å². The van der Waals surface area contributed by atoms with Crippen LogP contribution in [0.3, 0.4) is 0 Å². The molecule has 5 nitrogen and oxygen atoms in total. The third-order valence-corrected chi connectivity index (χ3v) is 4.86. The molecular formula is C24H21BrO5. The van der Waals surface area contributed by atoms with Gasteiger partial charge in [0.15, 0.2) is 0 Å². The Morgan fingerprint density at radius 3 is 2.33 bits per heavy atom. The molecule has 0 amide bonds. The minimum atomic E-state index is -0.551. The van der Waals surface area contributed by atoms with Gasteiger partial charge >= 0.3 is 11.9 Å². The van der Waals surface area contributed by atoms with E-state index in [1.807, 2.05) is 30.3 Å². The second-order valence-corrected chi connectivity index (χ2v) is 7.40. The maximum Gasteiger partial charge on any atom is 0.347 e. The SMILES string of the molecule is COc1ccc(Br)cc1C(=O)Oc1ccc(C(=O)OCCCc2ccccc2)cc1. The Balaban J connectivity index is 1.52. The summed E-state index contributed by atoms with van der Waals surface area (Å²) in [6.07, 6.45) is 1.60. The largest absolute Gasteiger partial charge is 0.496 e. The van der Waals surface area contributed by atoms with Crippen LogP contribution >= 0.6 is 15.9 Å². The van der Waals surface area contributed by atoms with Crippen molar-refractivity contribution >= 4 is 27.9 Å². The fraction of sp³-hybridized carbons (Fsp3) is 0.167. The zero-order chi connectivity index (χ0) is 21.3. The van der Waals surface area contributed by atoms with Gasteiger partial charge in [0.1, 0.15) is 17.1 Å². The first-order valence-corrected chi connectivity index (χ1v) is 10.2. The zero-order valence-electron chi connectivity index (χ0n) is 16.5. The fourth-order valence-electron chi connectivity index (χ4n) is 2.83. The molecule has 0 spiro atoms. The van der Waals surface area contributed by atoms with Gasteiger partial charge in [-0.25, -0.2) is 9.59 Å². The Hall–Kier alpha value is -3.12.